The Labute approximate surface area is 138 Å². The summed E-state index contributed by atoms with van der Waals surface area (Å²) in [6, 6.07) is 21.7. The zero-order valence-electron chi connectivity index (χ0n) is 12.4. The molecule has 1 atom stereocenters. The van der Waals surface area contributed by atoms with E-state index in [0.29, 0.717) is 11.8 Å². The number of nitrogens with zero attached hydrogens (tertiary/aromatic N) is 2. The molecule has 4 rings (SSSR count). The molecule has 0 aliphatic heterocycles. The van der Waals surface area contributed by atoms with Gasteiger partial charge in [0.1, 0.15) is 0 Å². The van der Waals surface area contributed by atoms with E-state index in [1.807, 2.05) is 59.2 Å². The summed E-state index contributed by atoms with van der Waals surface area (Å²) in [4.78, 5) is 4.51. The van der Waals surface area contributed by atoms with Crippen LogP contribution in [0.2, 0.25) is 5.28 Å². The van der Waals surface area contributed by atoms with E-state index in [1.54, 1.807) is 0 Å². The van der Waals surface area contributed by atoms with Gasteiger partial charge < -0.3 is 9.67 Å². The minimum absolute atomic E-state index is 0.373. The summed E-state index contributed by atoms with van der Waals surface area (Å²) in [5.41, 5.74) is 2.67. The molecule has 1 aromatic heterocycles. The largest absolute Gasteiger partial charge is 0.387 e. The number of aliphatic hydroxyl groups excluding tert-OH is 1. The molecule has 0 saturated heterocycles. The van der Waals surface area contributed by atoms with Gasteiger partial charge in [-0.3, -0.25) is 0 Å². The highest BCUT2D eigenvalue weighted by atomic mass is 35.5. The van der Waals surface area contributed by atoms with Crippen LogP contribution < -0.4 is 0 Å². The Kier molecular flexibility index (Phi) is 3.52. The van der Waals surface area contributed by atoms with Gasteiger partial charge in [0.25, 0.3) is 0 Å². The van der Waals surface area contributed by atoms with Crippen LogP contribution in [0.1, 0.15) is 11.7 Å². The average molecular weight is 323 g/mol. The van der Waals surface area contributed by atoms with E-state index in [2.05, 4.69) is 17.1 Å². The molecule has 0 bridgehead atoms. The Morgan fingerprint density at radius 1 is 0.957 bits per heavy atom. The van der Waals surface area contributed by atoms with Crippen LogP contribution in [0.25, 0.3) is 21.8 Å². The van der Waals surface area contributed by atoms with Crippen molar-refractivity contribution in [3.63, 3.8) is 0 Å². The molecule has 0 saturated carbocycles. The summed E-state index contributed by atoms with van der Waals surface area (Å²) in [5.74, 6) is 0. The van der Waals surface area contributed by atoms with Gasteiger partial charge in [-0.25, -0.2) is 4.98 Å². The molecule has 0 fully saturated rings. The van der Waals surface area contributed by atoms with Crippen molar-refractivity contribution in [2.75, 3.05) is 0 Å². The highest BCUT2D eigenvalue weighted by Crippen LogP contribution is 2.29. The van der Waals surface area contributed by atoms with E-state index >= 15 is 0 Å². The van der Waals surface area contributed by atoms with Gasteiger partial charge >= 0.3 is 0 Å². The number of fused-ring (bicyclic) bond motifs is 3. The molecule has 0 aliphatic carbocycles. The predicted octanol–water partition coefficient (Wildman–Crippen LogP) is 4.58. The third kappa shape index (κ3) is 2.48. The highest BCUT2D eigenvalue weighted by Gasteiger charge is 2.15. The summed E-state index contributed by atoms with van der Waals surface area (Å²) in [6.45, 7) is 0.373. The number of aliphatic hydroxyl groups is 1. The molecule has 23 heavy (non-hydrogen) atoms. The van der Waals surface area contributed by atoms with Gasteiger partial charge in [-0.15, -0.1) is 0 Å². The molecule has 114 valence electrons. The van der Waals surface area contributed by atoms with E-state index in [1.165, 1.54) is 0 Å². The Hall–Kier alpha value is -2.36. The molecule has 3 aromatic carbocycles. The normalized spacial score (nSPS) is 12.8. The molecular formula is C19H15ClN2O. The van der Waals surface area contributed by atoms with Gasteiger partial charge in [0.15, 0.2) is 0 Å². The zero-order valence-corrected chi connectivity index (χ0v) is 13.1. The first kappa shape index (κ1) is 14.2. The van der Waals surface area contributed by atoms with Crippen LogP contribution in [-0.4, -0.2) is 14.7 Å². The third-order valence-electron chi connectivity index (χ3n) is 4.14. The molecule has 4 heteroatoms. The lowest BCUT2D eigenvalue weighted by atomic mass is 10.1. The van der Waals surface area contributed by atoms with E-state index < -0.39 is 6.10 Å². The molecule has 4 aromatic rings. The van der Waals surface area contributed by atoms with Gasteiger partial charge in [-0.05, 0) is 28.6 Å². The van der Waals surface area contributed by atoms with E-state index in [0.717, 1.165) is 27.4 Å². The van der Waals surface area contributed by atoms with Crippen molar-refractivity contribution >= 4 is 33.4 Å². The molecule has 1 N–H and O–H groups in total. The SMILES string of the molecule is OC(Cn1c(Cl)nc2c3ccccc3ccc21)c1ccccc1. The molecular weight excluding hydrogens is 308 g/mol. The molecule has 0 aliphatic rings. The van der Waals surface area contributed by atoms with Crippen LogP contribution in [0.3, 0.4) is 0 Å². The number of hydrogen-bond acceptors (Lipinski definition) is 2. The lowest BCUT2D eigenvalue weighted by molar-refractivity contribution is 0.158. The van der Waals surface area contributed by atoms with Crippen LogP contribution in [0, 0.1) is 0 Å². The van der Waals surface area contributed by atoms with Crippen LogP contribution >= 0.6 is 11.6 Å². The maximum atomic E-state index is 10.5. The highest BCUT2D eigenvalue weighted by molar-refractivity contribution is 6.29. The first-order chi connectivity index (χ1) is 11.2. The fraction of sp³-hybridized carbons (Fsp3) is 0.105. The fourth-order valence-corrected chi connectivity index (χ4v) is 3.20. The Balaban J connectivity index is 1.81. The smallest absolute Gasteiger partial charge is 0.203 e. The van der Waals surface area contributed by atoms with Crippen molar-refractivity contribution in [3.05, 3.63) is 77.6 Å². The molecule has 3 nitrogen and oxygen atoms in total. The van der Waals surface area contributed by atoms with Gasteiger partial charge in [-0.1, -0.05) is 60.7 Å². The van der Waals surface area contributed by atoms with Crippen molar-refractivity contribution in [1.29, 1.82) is 0 Å². The summed E-state index contributed by atoms with van der Waals surface area (Å²) >= 11 is 6.34. The predicted molar refractivity (Wildman–Crippen MR) is 93.7 cm³/mol. The number of imidazole rings is 1. The lowest BCUT2D eigenvalue weighted by Gasteiger charge is -2.13. The van der Waals surface area contributed by atoms with Crippen molar-refractivity contribution < 1.29 is 5.11 Å². The molecule has 0 amide bonds. The number of rotatable bonds is 3. The second-order valence-electron chi connectivity index (χ2n) is 5.57. The minimum Gasteiger partial charge on any atom is -0.387 e. The topological polar surface area (TPSA) is 38.0 Å². The first-order valence-corrected chi connectivity index (χ1v) is 7.88. The molecule has 0 spiro atoms. The first-order valence-electron chi connectivity index (χ1n) is 7.50. The quantitative estimate of drug-likeness (QED) is 0.599. The second kappa shape index (κ2) is 5.69. The summed E-state index contributed by atoms with van der Waals surface area (Å²) < 4.78 is 1.86. The number of hydrogen-bond donors (Lipinski definition) is 1. The third-order valence-corrected chi connectivity index (χ3v) is 4.43. The van der Waals surface area contributed by atoms with Crippen LogP contribution in [0.4, 0.5) is 0 Å². The minimum atomic E-state index is -0.627. The zero-order chi connectivity index (χ0) is 15.8. The maximum absolute atomic E-state index is 10.5. The second-order valence-corrected chi connectivity index (χ2v) is 5.91. The number of benzene rings is 3. The summed E-state index contributed by atoms with van der Waals surface area (Å²) in [7, 11) is 0. The Morgan fingerprint density at radius 2 is 1.70 bits per heavy atom. The summed E-state index contributed by atoms with van der Waals surface area (Å²) in [5, 5.41) is 13.1. The fourth-order valence-electron chi connectivity index (χ4n) is 2.96. The van der Waals surface area contributed by atoms with E-state index in [4.69, 9.17) is 11.6 Å². The van der Waals surface area contributed by atoms with Crippen LogP contribution in [-0.2, 0) is 6.54 Å². The van der Waals surface area contributed by atoms with Gasteiger partial charge in [0.2, 0.25) is 5.28 Å². The van der Waals surface area contributed by atoms with Gasteiger partial charge in [0.05, 0.1) is 23.7 Å². The summed E-state index contributed by atoms with van der Waals surface area (Å²) in [6.07, 6.45) is -0.627. The van der Waals surface area contributed by atoms with E-state index in [9.17, 15) is 5.11 Å². The number of aromatic nitrogens is 2. The van der Waals surface area contributed by atoms with Crippen LogP contribution in [0.5, 0.6) is 0 Å². The standard InChI is InChI=1S/C19H15ClN2O/c20-19-21-18-15-9-5-4-6-13(15)10-11-16(18)22(19)12-17(23)14-7-2-1-3-8-14/h1-11,17,23H,12H2. The van der Waals surface area contributed by atoms with Crippen molar-refractivity contribution in [3.8, 4) is 0 Å². The monoisotopic (exact) mass is 322 g/mol. The van der Waals surface area contributed by atoms with Gasteiger partial charge in [0, 0.05) is 5.39 Å². The lowest BCUT2D eigenvalue weighted by Crippen LogP contribution is -2.08. The molecule has 0 radical (unpaired) electrons. The van der Waals surface area contributed by atoms with E-state index in [-0.39, 0.29) is 0 Å². The molecule has 1 unspecified atom stereocenters. The van der Waals surface area contributed by atoms with Crippen molar-refractivity contribution in [2.24, 2.45) is 0 Å². The van der Waals surface area contributed by atoms with Crippen LogP contribution in [0.15, 0.2) is 66.7 Å². The van der Waals surface area contributed by atoms with Crippen molar-refractivity contribution in [2.45, 2.75) is 12.6 Å². The molecule has 1 heterocycles. The average Bonchev–Trinajstić information content (AvgIpc) is 2.92. The van der Waals surface area contributed by atoms with Crippen molar-refractivity contribution in [1.82, 2.24) is 9.55 Å². The Morgan fingerprint density at radius 3 is 2.52 bits per heavy atom. The Bertz CT molecular complexity index is 979. The number of halogens is 1. The van der Waals surface area contributed by atoms with Gasteiger partial charge in [-0.2, -0.15) is 0 Å². The maximum Gasteiger partial charge on any atom is 0.203 e.